The zero-order chi connectivity index (χ0) is 22.0. The lowest BCUT2D eigenvalue weighted by molar-refractivity contribution is 0.383. The number of hydrogen-bond donors (Lipinski definition) is 1. The van der Waals surface area contributed by atoms with E-state index in [0.29, 0.717) is 36.1 Å². The highest BCUT2D eigenvalue weighted by atomic mass is 32.2. The summed E-state index contributed by atoms with van der Waals surface area (Å²) < 4.78 is 40.9. The van der Waals surface area contributed by atoms with Crippen LogP contribution in [0.3, 0.4) is 0 Å². The molecule has 1 saturated heterocycles. The van der Waals surface area contributed by atoms with E-state index in [9.17, 15) is 12.8 Å². The Balaban J connectivity index is 1.41. The third-order valence-electron chi connectivity index (χ3n) is 5.13. The molecule has 162 valence electrons. The molecule has 0 radical (unpaired) electrons. The molecule has 1 aliphatic rings. The number of anilines is 3. The number of nitrogens with one attached hydrogen (secondary N) is 1. The van der Waals surface area contributed by atoms with Crippen molar-refractivity contribution in [2.45, 2.75) is 18.7 Å². The number of hydrogen-bond acceptors (Lipinski definition) is 7. The number of aromatic nitrogens is 3. The highest BCUT2D eigenvalue weighted by Gasteiger charge is 2.30. The van der Waals surface area contributed by atoms with Crippen molar-refractivity contribution < 1.29 is 12.8 Å². The van der Waals surface area contributed by atoms with Crippen LogP contribution in [-0.4, -0.2) is 54.1 Å². The fourth-order valence-corrected chi connectivity index (χ4v) is 5.11. The van der Waals surface area contributed by atoms with Crippen molar-refractivity contribution >= 4 is 27.5 Å². The summed E-state index contributed by atoms with van der Waals surface area (Å²) in [5, 5.41) is 11.6. The van der Waals surface area contributed by atoms with E-state index in [4.69, 9.17) is 0 Å². The summed E-state index contributed by atoms with van der Waals surface area (Å²) in [6.45, 7) is 5.08. The summed E-state index contributed by atoms with van der Waals surface area (Å²) in [6, 6.07) is 13.1. The Kier molecular flexibility index (Phi) is 5.84. The lowest BCUT2D eigenvalue weighted by Gasteiger charge is -2.34. The second kappa shape index (κ2) is 8.56. The van der Waals surface area contributed by atoms with Gasteiger partial charge in [0.05, 0.1) is 4.90 Å². The molecule has 1 aromatic carbocycles. The van der Waals surface area contributed by atoms with Crippen LogP contribution < -0.4 is 10.2 Å². The molecule has 0 unspecified atom stereocenters. The van der Waals surface area contributed by atoms with Crippen molar-refractivity contribution in [1.82, 2.24) is 19.5 Å². The summed E-state index contributed by atoms with van der Waals surface area (Å²) in [6.07, 6.45) is 0. The first-order valence-corrected chi connectivity index (χ1v) is 11.3. The Hall–Kier alpha value is -3.11. The average Bonchev–Trinajstić information content (AvgIpc) is 2.76. The molecule has 3 aromatic rings. The smallest absolute Gasteiger partial charge is 0.243 e. The number of piperazine rings is 1. The minimum absolute atomic E-state index is 0.0147. The van der Waals surface area contributed by atoms with E-state index in [1.165, 1.54) is 16.4 Å². The molecule has 0 bridgehead atoms. The van der Waals surface area contributed by atoms with Gasteiger partial charge in [-0.1, -0.05) is 12.1 Å². The highest BCUT2D eigenvalue weighted by molar-refractivity contribution is 7.89. The molecule has 3 heterocycles. The van der Waals surface area contributed by atoms with Gasteiger partial charge in [0.15, 0.2) is 11.6 Å². The monoisotopic (exact) mass is 442 g/mol. The van der Waals surface area contributed by atoms with Crippen LogP contribution in [-0.2, 0) is 10.0 Å². The zero-order valence-corrected chi connectivity index (χ0v) is 18.1. The van der Waals surface area contributed by atoms with Crippen molar-refractivity contribution in [1.29, 1.82) is 0 Å². The first kappa shape index (κ1) is 21.1. The van der Waals surface area contributed by atoms with Gasteiger partial charge in [-0.2, -0.15) is 4.31 Å². The van der Waals surface area contributed by atoms with Crippen LogP contribution >= 0.6 is 0 Å². The minimum atomic E-state index is -3.75. The maximum Gasteiger partial charge on any atom is 0.243 e. The van der Waals surface area contributed by atoms with Crippen LogP contribution in [0.25, 0.3) is 0 Å². The molecule has 0 amide bonds. The van der Waals surface area contributed by atoms with Crippen molar-refractivity contribution in [3.8, 4) is 0 Å². The van der Waals surface area contributed by atoms with Gasteiger partial charge in [-0.25, -0.2) is 17.8 Å². The fraction of sp³-hybridized carbons (Fsp3) is 0.286. The van der Waals surface area contributed by atoms with Gasteiger partial charge in [0.2, 0.25) is 10.0 Å². The average molecular weight is 443 g/mol. The first-order chi connectivity index (χ1) is 14.8. The quantitative estimate of drug-likeness (QED) is 0.650. The van der Waals surface area contributed by atoms with Gasteiger partial charge < -0.3 is 10.2 Å². The minimum Gasteiger partial charge on any atom is -0.352 e. The van der Waals surface area contributed by atoms with Gasteiger partial charge in [0.1, 0.15) is 11.6 Å². The van der Waals surface area contributed by atoms with Crippen LogP contribution in [0.1, 0.15) is 11.3 Å². The van der Waals surface area contributed by atoms with Crippen LogP contribution in [0.5, 0.6) is 0 Å². The Morgan fingerprint density at radius 3 is 2.39 bits per heavy atom. The predicted molar refractivity (Wildman–Crippen MR) is 116 cm³/mol. The van der Waals surface area contributed by atoms with E-state index in [1.807, 2.05) is 42.2 Å². The summed E-state index contributed by atoms with van der Waals surface area (Å²) in [5.41, 5.74) is 1.43. The van der Waals surface area contributed by atoms with Crippen molar-refractivity contribution in [2.75, 3.05) is 36.4 Å². The molecule has 1 fully saturated rings. The van der Waals surface area contributed by atoms with Gasteiger partial charge in [0.25, 0.3) is 0 Å². The van der Waals surface area contributed by atoms with Gasteiger partial charge in [0, 0.05) is 31.9 Å². The molecule has 10 heteroatoms. The van der Waals surface area contributed by atoms with Crippen LogP contribution in [0, 0.1) is 19.7 Å². The number of aryl methyl sites for hydroxylation is 2. The third-order valence-corrected chi connectivity index (χ3v) is 7.17. The lowest BCUT2D eigenvalue weighted by Crippen LogP contribution is -2.49. The van der Waals surface area contributed by atoms with Crippen molar-refractivity contribution in [3.05, 3.63) is 65.6 Å². The molecule has 1 N–H and O–H groups in total. The summed E-state index contributed by atoms with van der Waals surface area (Å²) in [4.78, 5) is 6.37. The summed E-state index contributed by atoms with van der Waals surface area (Å²) in [5.74, 6) is 1.37. The van der Waals surface area contributed by atoms with Gasteiger partial charge in [-0.15, -0.1) is 10.2 Å². The van der Waals surface area contributed by atoms with Gasteiger partial charge in [-0.05, 0) is 55.8 Å². The van der Waals surface area contributed by atoms with E-state index in [-0.39, 0.29) is 18.0 Å². The number of benzene rings is 1. The maximum atomic E-state index is 13.6. The maximum absolute atomic E-state index is 13.6. The molecule has 0 spiro atoms. The Bertz CT molecular complexity index is 1180. The van der Waals surface area contributed by atoms with Crippen LogP contribution in [0.4, 0.5) is 21.8 Å². The zero-order valence-electron chi connectivity index (χ0n) is 17.3. The van der Waals surface area contributed by atoms with Crippen LogP contribution in [0.15, 0.2) is 53.4 Å². The van der Waals surface area contributed by atoms with E-state index in [1.54, 1.807) is 6.92 Å². The third kappa shape index (κ3) is 4.64. The molecule has 31 heavy (non-hydrogen) atoms. The molecule has 0 atom stereocenters. The Morgan fingerprint density at radius 2 is 1.71 bits per heavy atom. The van der Waals surface area contributed by atoms with Crippen molar-refractivity contribution in [2.24, 2.45) is 0 Å². The molecule has 4 rings (SSSR count). The Morgan fingerprint density at radius 1 is 0.935 bits per heavy atom. The summed E-state index contributed by atoms with van der Waals surface area (Å²) >= 11 is 0. The Labute approximate surface area is 180 Å². The molecule has 1 aliphatic heterocycles. The normalized spacial score (nSPS) is 15.1. The highest BCUT2D eigenvalue weighted by Crippen LogP contribution is 2.23. The topological polar surface area (TPSA) is 91.3 Å². The number of sulfonamides is 1. The standard InChI is InChI=1S/C21H23FN6O2S/c1-15-6-7-17(22)14-18(15)31(29,30)28-12-10-27(11-13-28)21-9-8-20(25-26-21)24-19-5-3-4-16(2)23-19/h3-9,14H,10-13H2,1-2H3,(H,23,24,25). The van der Waals surface area contributed by atoms with E-state index < -0.39 is 15.8 Å². The predicted octanol–water partition coefficient (Wildman–Crippen LogP) is 2.88. The van der Waals surface area contributed by atoms with E-state index >= 15 is 0 Å². The molecule has 2 aromatic heterocycles. The summed E-state index contributed by atoms with van der Waals surface area (Å²) in [7, 11) is -3.75. The second-order valence-corrected chi connectivity index (χ2v) is 9.27. The van der Waals surface area contributed by atoms with E-state index in [0.717, 1.165) is 11.8 Å². The molecule has 8 nitrogen and oxygen atoms in total. The largest absolute Gasteiger partial charge is 0.352 e. The number of pyridine rings is 1. The molecule has 0 aliphatic carbocycles. The number of rotatable bonds is 5. The molecule has 0 saturated carbocycles. The first-order valence-electron chi connectivity index (χ1n) is 9.88. The van der Waals surface area contributed by atoms with Gasteiger partial charge in [-0.3, -0.25) is 0 Å². The SMILES string of the molecule is Cc1cccc(Nc2ccc(N3CCN(S(=O)(=O)c4cc(F)ccc4C)CC3)nn2)n1. The molecular formula is C21H23FN6O2S. The van der Waals surface area contributed by atoms with E-state index in [2.05, 4.69) is 20.5 Å². The van der Waals surface area contributed by atoms with Gasteiger partial charge >= 0.3 is 0 Å². The molecular weight excluding hydrogens is 419 g/mol. The fourth-order valence-electron chi connectivity index (χ4n) is 3.45. The lowest BCUT2D eigenvalue weighted by atomic mass is 10.2. The second-order valence-electron chi connectivity index (χ2n) is 7.37. The van der Waals surface area contributed by atoms with Crippen LogP contribution in [0.2, 0.25) is 0 Å². The van der Waals surface area contributed by atoms with Crippen molar-refractivity contribution in [3.63, 3.8) is 0 Å². The number of halogens is 1. The number of nitrogens with zero attached hydrogens (tertiary/aromatic N) is 5.